The molecule has 0 aromatic carbocycles. The molecule has 0 spiro atoms. The Balaban J connectivity index is 2.08. The van der Waals surface area contributed by atoms with E-state index in [0.29, 0.717) is 12.5 Å². The maximum atomic E-state index is 5.93. The monoisotopic (exact) mass is 230 g/mol. The standard InChI is InChI=1S/C9H14N2OS2/c1-13-5-9-11-8(4-14-9)6-2-12-3-7(6)10/h4,6-7H,2-3,5,10H2,1H3. The Morgan fingerprint density at radius 3 is 3.21 bits per heavy atom. The molecular formula is C9H14N2OS2. The summed E-state index contributed by atoms with van der Waals surface area (Å²) >= 11 is 3.52. The summed E-state index contributed by atoms with van der Waals surface area (Å²) in [5.41, 5.74) is 7.04. The van der Waals surface area contributed by atoms with E-state index in [-0.39, 0.29) is 6.04 Å². The van der Waals surface area contributed by atoms with Crippen molar-refractivity contribution in [1.82, 2.24) is 4.98 Å². The Morgan fingerprint density at radius 2 is 2.57 bits per heavy atom. The number of hydrogen-bond donors (Lipinski definition) is 1. The predicted molar refractivity (Wildman–Crippen MR) is 60.9 cm³/mol. The van der Waals surface area contributed by atoms with Gasteiger partial charge >= 0.3 is 0 Å². The first-order valence-corrected chi connectivity index (χ1v) is 6.85. The fourth-order valence-corrected chi connectivity index (χ4v) is 3.14. The van der Waals surface area contributed by atoms with Crippen LogP contribution in [0.4, 0.5) is 0 Å². The average molecular weight is 230 g/mol. The first-order chi connectivity index (χ1) is 6.81. The van der Waals surface area contributed by atoms with E-state index in [0.717, 1.165) is 18.1 Å². The lowest BCUT2D eigenvalue weighted by Gasteiger charge is -2.08. The van der Waals surface area contributed by atoms with Crippen LogP contribution in [0.1, 0.15) is 16.6 Å². The highest BCUT2D eigenvalue weighted by atomic mass is 32.2. The zero-order valence-electron chi connectivity index (χ0n) is 8.10. The van der Waals surface area contributed by atoms with Crippen LogP contribution in [0.25, 0.3) is 0 Å². The van der Waals surface area contributed by atoms with Crippen LogP contribution in [0.3, 0.4) is 0 Å². The minimum Gasteiger partial charge on any atom is -0.379 e. The van der Waals surface area contributed by atoms with Gasteiger partial charge in [0.15, 0.2) is 0 Å². The van der Waals surface area contributed by atoms with Crippen LogP contribution >= 0.6 is 23.1 Å². The first kappa shape index (κ1) is 10.4. The van der Waals surface area contributed by atoms with Gasteiger partial charge in [-0.2, -0.15) is 11.8 Å². The van der Waals surface area contributed by atoms with Crippen molar-refractivity contribution in [3.05, 3.63) is 16.1 Å². The van der Waals surface area contributed by atoms with E-state index in [1.54, 1.807) is 23.1 Å². The third-order valence-electron chi connectivity index (χ3n) is 2.34. The smallest absolute Gasteiger partial charge is 0.103 e. The Hall–Kier alpha value is -0.100. The van der Waals surface area contributed by atoms with Crippen molar-refractivity contribution < 1.29 is 4.74 Å². The van der Waals surface area contributed by atoms with Crippen LogP contribution in [-0.2, 0) is 10.5 Å². The number of ether oxygens (including phenoxy) is 1. The molecule has 0 bridgehead atoms. The lowest BCUT2D eigenvalue weighted by Crippen LogP contribution is -2.27. The third-order valence-corrected chi connectivity index (χ3v) is 3.95. The first-order valence-electron chi connectivity index (χ1n) is 4.58. The molecule has 1 saturated heterocycles. The van der Waals surface area contributed by atoms with Crippen molar-refractivity contribution in [1.29, 1.82) is 0 Å². The molecule has 2 unspecified atom stereocenters. The molecular weight excluding hydrogens is 216 g/mol. The number of nitrogens with zero attached hydrogens (tertiary/aromatic N) is 1. The fourth-order valence-electron chi connectivity index (χ4n) is 1.56. The Labute approximate surface area is 92.1 Å². The predicted octanol–water partition coefficient (Wildman–Crippen LogP) is 1.45. The minimum atomic E-state index is 0.124. The van der Waals surface area contributed by atoms with Crippen LogP contribution in [0.5, 0.6) is 0 Å². The molecule has 1 aliphatic heterocycles. The molecule has 0 aliphatic carbocycles. The van der Waals surface area contributed by atoms with Gasteiger partial charge in [-0.25, -0.2) is 4.98 Å². The number of aromatic nitrogens is 1. The molecule has 1 aliphatic rings. The summed E-state index contributed by atoms with van der Waals surface area (Å²) in [7, 11) is 0. The molecule has 2 rings (SSSR count). The highest BCUT2D eigenvalue weighted by Gasteiger charge is 2.28. The summed E-state index contributed by atoms with van der Waals surface area (Å²) in [6, 6.07) is 0.124. The molecule has 1 aromatic rings. The number of thioether (sulfide) groups is 1. The zero-order chi connectivity index (χ0) is 9.97. The SMILES string of the molecule is CSCc1nc(C2COCC2N)cs1. The number of thiazole rings is 1. The molecule has 3 nitrogen and oxygen atoms in total. The van der Waals surface area contributed by atoms with Gasteiger partial charge in [-0.05, 0) is 6.26 Å². The van der Waals surface area contributed by atoms with Gasteiger partial charge in [-0.3, -0.25) is 0 Å². The van der Waals surface area contributed by atoms with Crippen molar-refractivity contribution in [3.63, 3.8) is 0 Å². The highest BCUT2D eigenvalue weighted by Crippen LogP contribution is 2.26. The van der Waals surface area contributed by atoms with Gasteiger partial charge in [0.25, 0.3) is 0 Å². The van der Waals surface area contributed by atoms with Crippen molar-refractivity contribution in [2.45, 2.75) is 17.7 Å². The molecule has 1 fully saturated rings. The van der Waals surface area contributed by atoms with Crippen LogP contribution in [-0.4, -0.2) is 30.5 Å². The average Bonchev–Trinajstić information content (AvgIpc) is 2.74. The van der Waals surface area contributed by atoms with E-state index >= 15 is 0 Å². The fraction of sp³-hybridized carbons (Fsp3) is 0.667. The number of rotatable bonds is 3. The van der Waals surface area contributed by atoms with Gasteiger partial charge in [0.05, 0.1) is 18.9 Å². The van der Waals surface area contributed by atoms with E-state index in [1.807, 2.05) is 0 Å². The summed E-state index contributed by atoms with van der Waals surface area (Å²) in [5, 5.41) is 3.30. The summed E-state index contributed by atoms with van der Waals surface area (Å²) in [6.07, 6.45) is 2.09. The maximum absolute atomic E-state index is 5.93. The zero-order valence-corrected chi connectivity index (χ0v) is 9.74. The molecule has 2 atom stereocenters. The number of hydrogen-bond acceptors (Lipinski definition) is 5. The Bertz CT molecular complexity index is 303. The van der Waals surface area contributed by atoms with Crippen LogP contribution in [0, 0.1) is 0 Å². The topological polar surface area (TPSA) is 48.1 Å². The van der Waals surface area contributed by atoms with E-state index < -0.39 is 0 Å². The molecule has 2 N–H and O–H groups in total. The second-order valence-electron chi connectivity index (χ2n) is 3.41. The van der Waals surface area contributed by atoms with E-state index in [2.05, 4.69) is 16.6 Å². The van der Waals surface area contributed by atoms with E-state index in [9.17, 15) is 0 Å². The van der Waals surface area contributed by atoms with Crippen molar-refractivity contribution >= 4 is 23.1 Å². The van der Waals surface area contributed by atoms with Crippen molar-refractivity contribution in [2.24, 2.45) is 5.73 Å². The van der Waals surface area contributed by atoms with Gasteiger partial charge < -0.3 is 10.5 Å². The minimum absolute atomic E-state index is 0.124. The molecule has 0 saturated carbocycles. The largest absolute Gasteiger partial charge is 0.379 e. The molecule has 14 heavy (non-hydrogen) atoms. The molecule has 0 radical (unpaired) electrons. The Morgan fingerprint density at radius 1 is 1.71 bits per heavy atom. The summed E-state index contributed by atoms with van der Waals surface area (Å²) in [6.45, 7) is 1.39. The third kappa shape index (κ3) is 2.11. The lowest BCUT2D eigenvalue weighted by atomic mass is 10.0. The van der Waals surface area contributed by atoms with E-state index in [4.69, 9.17) is 10.5 Å². The van der Waals surface area contributed by atoms with Crippen molar-refractivity contribution in [2.75, 3.05) is 19.5 Å². The molecule has 78 valence electrons. The quantitative estimate of drug-likeness (QED) is 0.854. The second-order valence-corrected chi connectivity index (χ2v) is 5.22. The normalized spacial score (nSPS) is 27.0. The summed E-state index contributed by atoms with van der Waals surface area (Å²) in [4.78, 5) is 4.57. The Kier molecular flexibility index (Phi) is 3.43. The maximum Gasteiger partial charge on any atom is 0.103 e. The molecule has 0 amide bonds. The van der Waals surface area contributed by atoms with Gasteiger partial charge in [0.1, 0.15) is 5.01 Å². The van der Waals surface area contributed by atoms with E-state index in [1.165, 1.54) is 5.01 Å². The van der Waals surface area contributed by atoms with Crippen LogP contribution in [0.2, 0.25) is 0 Å². The van der Waals surface area contributed by atoms with Gasteiger partial charge in [0.2, 0.25) is 0 Å². The highest BCUT2D eigenvalue weighted by molar-refractivity contribution is 7.97. The lowest BCUT2D eigenvalue weighted by molar-refractivity contribution is 0.190. The molecule has 2 heterocycles. The molecule has 5 heteroatoms. The van der Waals surface area contributed by atoms with Gasteiger partial charge in [-0.15, -0.1) is 11.3 Å². The van der Waals surface area contributed by atoms with Crippen LogP contribution < -0.4 is 5.73 Å². The van der Waals surface area contributed by atoms with Gasteiger partial charge in [0, 0.05) is 23.1 Å². The number of nitrogens with two attached hydrogens (primary N) is 1. The van der Waals surface area contributed by atoms with Gasteiger partial charge in [-0.1, -0.05) is 0 Å². The summed E-state index contributed by atoms with van der Waals surface area (Å²) < 4.78 is 5.33. The second kappa shape index (κ2) is 4.61. The summed E-state index contributed by atoms with van der Waals surface area (Å²) in [5.74, 6) is 1.30. The van der Waals surface area contributed by atoms with Crippen LogP contribution in [0.15, 0.2) is 5.38 Å². The van der Waals surface area contributed by atoms with Crippen molar-refractivity contribution in [3.8, 4) is 0 Å². The molecule has 1 aromatic heterocycles.